The number of benzene rings is 1. The average Bonchev–Trinajstić information content (AvgIpc) is 2.59. The number of para-hydroxylation sites is 1. The molecule has 0 unspecified atom stereocenters. The Morgan fingerprint density at radius 1 is 1.31 bits per heavy atom. The van der Waals surface area contributed by atoms with Crippen molar-refractivity contribution in [1.29, 1.82) is 0 Å². The van der Waals surface area contributed by atoms with Crippen molar-refractivity contribution in [3.05, 3.63) is 30.3 Å². The molecule has 0 aliphatic carbocycles. The normalized spacial score (nSPS) is 16.1. The molecule has 3 nitrogen and oxygen atoms in total. The lowest BCUT2D eigenvalue weighted by Crippen LogP contribution is -2.33. The maximum absolute atomic E-state index is 11.8. The quantitative estimate of drug-likeness (QED) is 0.748. The van der Waals surface area contributed by atoms with Crippen LogP contribution in [0.15, 0.2) is 30.3 Å². The second-order valence-electron chi connectivity index (χ2n) is 3.75. The van der Waals surface area contributed by atoms with Crippen LogP contribution in [0.3, 0.4) is 0 Å². The third-order valence-electron chi connectivity index (χ3n) is 2.57. The van der Waals surface area contributed by atoms with E-state index in [0.717, 1.165) is 12.1 Å². The fourth-order valence-corrected chi connectivity index (χ4v) is 2.16. The molecule has 1 saturated heterocycles. The van der Waals surface area contributed by atoms with Crippen LogP contribution in [0.4, 0.5) is 5.69 Å². The van der Waals surface area contributed by atoms with Crippen LogP contribution < -0.4 is 4.90 Å². The molecule has 1 aliphatic rings. The van der Waals surface area contributed by atoms with Crippen LogP contribution in [0.1, 0.15) is 13.3 Å². The second-order valence-corrected chi connectivity index (χ2v) is 4.11. The molecule has 1 fully saturated rings. The van der Waals surface area contributed by atoms with E-state index < -0.39 is 0 Å². The lowest BCUT2D eigenvalue weighted by molar-refractivity contribution is -0.124. The molecule has 1 aliphatic heterocycles. The van der Waals surface area contributed by atoms with Crippen LogP contribution in [0.2, 0.25) is 0 Å². The predicted octanol–water partition coefficient (Wildman–Crippen LogP) is 2.03. The maximum Gasteiger partial charge on any atom is 0.248 e. The maximum atomic E-state index is 11.8. The number of amides is 1. The summed E-state index contributed by atoms with van der Waals surface area (Å²) in [5, 5.41) is 0.623. The monoisotopic (exact) mass is 234 g/mol. The molecule has 0 saturated carbocycles. The van der Waals surface area contributed by atoms with Gasteiger partial charge in [0.05, 0.1) is 0 Å². The van der Waals surface area contributed by atoms with Crippen LogP contribution in [0.25, 0.3) is 0 Å². The largest absolute Gasteiger partial charge is 0.309 e. The van der Waals surface area contributed by atoms with E-state index in [-0.39, 0.29) is 5.91 Å². The Labute approximate surface area is 101 Å². The zero-order valence-electron chi connectivity index (χ0n) is 9.22. The lowest BCUT2D eigenvalue weighted by Gasteiger charge is -2.19. The van der Waals surface area contributed by atoms with Gasteiger partial charge in [-0.2, -0.15) is 0 Å². The van der Waals surface area contributed by atoms with Crippen molar-refractivity contribution in [2.75, 3.05) is 18.0 Å². The minimum atomic E-state index is 0.0932. The summed E-state index contributed by atoms with van der Waals surface area (Å²) in [6.07, 6.45) is 0.925. The average molecular weight is 234 g/mol. The SMILES string of the molecule is CCCN1C(=O)CN(c2ccccc2)C1=S. The van der Waals surface area contributed by atoms with Gasteiger partial charge in [-0.05, 0) is 30.8 Å². The Hall–Kier alpha value is -1.42. The van der Waals surface area contributed by atoms with Gasteiger partial charge in [0.15, 0.2) is 5.11 Å². The molecule has 84 valence electrons. The highest BCUT2D eigenvalue weighted by molar-refractivity contribution is 7.80. The molecule has 0 radical (unpaired) electrons. The van der Waals surface area contributed by atoms with Crippen LogP contribution in [-0.2, 0) is 4.79 Å². The second kappa shape index (κ2) is 4.61. The van der Waals surface area contributed by atoms with E-state index in [1.807, 2.05) is 42.2 Å². The molecule has 0 bridgehead atoms. The van der Waals surface area contributed by atoms with Gasteiger partial charge >= 0.3 is 0 Å². The Morgan fingerprint density at radius 3 is 2.62 bits per heavy atom. The molecule has 0 aromatic heterocycles. The van der Waals surface area contributed by atoms with Gasteiger partial charge in [0.25, 0.3) is 0 Å². The summed E-state index contributed by atoms with van der Waals surface area (Å²) in [5.41, 5.74) is 0.986. The molecule has 0 spiro atoms. The van der Waals surface area contributed by atoms with Crippen LogP contribution in [0, 0.1) is 0 Å². The van der Waals surface area contributed by atoms with E-state index in [1.165, 1.54) is 0 Å². The molecule has 1 heterocycles. The number of nitrogens with zero attached hydrogens (tertiary/aromatic N) is 2. The highest BCUT2D eigenvalue weighted by Gasteiger charge is 2.32. The van der Waals surface area contributed by atoms with Gasteiger partial charge in [-0.15, -0.1) is 0 Å². The first-order valence-electron chi connectivity index (χ1n) is 5.41. The number of rotatable bonds is 3. The van der Waals surface area contributed by atoms with Crippen molar-refractivity contribution in [3.8, 4) is 0 Å². The van der Waals surface area contributed by atoms with Gasteiger partial charge in [-0.1, -0.05) is 25.1 Å². The van der Waals surface area contributed by atoms with E-state index in [0.29, 0.717) is 18.2 Å². The standard InChI is InChI=1S/C12H14N2OS/c1-2-8-13-11(15)9-14(12(13)16)10-6-4-3-5-7-10/h3-7H,2,8-9H2,1H3. The molecule has 1 amide bonds. The number of anilines is 1. The summed E-state index contributed by atoms with van der Waals surface area (Å²) in [4.78, 5) is 15.3. The van der Waals surface area contributed by atoms with Crippen LogP contribution >= 0.6 is 12.2 Å². The predicted molar refractivity (Wildman–Crippen MR) is 68.4 cm³/mol. The van der Waals surface area contributed by atoms with Crippen molar-refractivity contribution in [3.63, 3.8) is 0 Å². The zero-order chi connectivity index (χ0) is 11.5. The van der Waals surface area contributed by atoms with Crippen molar-refractivity contribution in [1.82, 2.24) is 4.90 Å². The topological polar surface area (TPSA) is 23.6 Å². The molecule has 4 heteroatoms. The Balaban J connectivity index is 2.21. The number of hydrogen-bond acceptors (Lipinski definition) is 2. The van der Waals surface area contributed by atoms with Crippen molar-refractivity contribution in [2.24, 2.45) is 0 Å². The first-order valence-corrected chi connectivity index (χ1v) is 5.81. The summed E-state index contributed by atoms with van der Waals surface area (Å²) in [7, 11) is 0. The van der Waals surface area contributed by atoms with E-state index in [9.17, 15) is 4.79 Å². The highest BCUT2D eigenvalue weighted by Crippen LogP contribution is 2.20. The van der Waals surface area contributed by atoms with E-state index in [2.05, 4.69) is 0 Å². The minimum absolute atomic E-state index is 0.0932. The molecule has 1 aromatic carbocycles. The molecule has 0 N–H and O–H groups in total. The highest BCUT2D eigenvalue weighted by atomic mass is 32.1. The summed E-state index contributed by atoms with van der Waals surface area (Å²) in [6.45, 7) is 3.12. The lowest BCUT2D eigenvalue weighted by atomic mass is 10.3. The van der Waals surface area contributed by atoms with E-state index in [1.54, 1.807) is 4.90 Å². The fourth-order valence-electron chi connectivity index (χ4n) is 1.79. The first kappa shape index (κ1) is 11.1. The Kier molecular flexibility index (Phi) is 3.19. The molecule has 0 atom stereocenters. The number of carbonyl (C=O) groups is 1. The number of thiocarbonyl (C=S) groups is 1. The Morgan fingerprint density at radius 2 is 2.00 bits per heavy atom. The number of hydrogen-bond donors (Lipinski definition) is 0. The first-order chi connectivity index (χ1) is 7.74. The van der Waals surface area contributed by atoms with Crippen LogP contribution in [-0.4, -0.2) is 29.0 Å². The molecule has 16 heavy (non-hydrogen) atoms. The van der Waals surface area contributed by atoms with Crippen molar-refractivity contribution in [2.45, 2.75) is 13.3 Å². The van der Waals surface area contributed by atoms with Crippen molar-refractivity contribution < 1.29 is 4.79 Å². The Bertz CT molecular complexity index is 405. The molecular weight excluding hydrogens is 220 g/mol. The third kappa shape index (κ3) is 1.93. The molecular formula is C12H14N2OS. The van der Waals surface area contributed by atoms with Gasteiger partial charge < -0.3 is 4.90 Å². The number of carbonyl (C=O) groups excluding carboxylic acids is 1. The summed E-state index contributed by atoms with van der Waals surface area (Å²) >= 11 is 5.32. The molecule has 2 rings (SSSR count). The van der Waals surface area contributed by atoms with Gasteiger partial charge in [0.2, 0.25) is 5.91 Å². The van der Waals surface area contributed by atoms with Crippen molar-refractivity contribution >= 4 is 28.9 Å². The zero-order valence-corrected chi connectivity index (χ0v) is 10.0. The van der Waals surface area contributed by atoms with Gasteiger partial charge in [-0.25, -0.2) is 0 Å². The fraction of sp³-hybridized carbons (Fsp3) is 0.333. The minimum Gasteiger partial charge on any atom is -0.309 e. The summed E-state index contributed by atoms with van der Waals surface area (Å²) < 4.78 is 0. The molecule has 1 aromatic rings. The van der Waals surface area contributed by atoms with Gasteiger partial charge in [0.1, 0.15) is 6.54 Å². The van der Waals surface area contributed by atoms with Gasteiger partial charge in [-0.3, -0.25) is 9.69 Å². The third-order valence-corrected chi connectivity index (χ3v) is 3.01. The van der Waals surface area contributed by atoms with E-state index in [4.69, 9.17) is 12.2 Å². The van der Waals surface area contributed by atoms with Gasteiger partial charge in [0, 0.05) is 12.2 Å². The van der Waals surface area contributed by atoms with Crippen LogP contribution in [0.5, 0.6) is 0 Å². The summed E-state index contributed by atoms with van der Waals surface area (Å²) in [5.74, 6) is 0.0932. The summed E-state index contributed by atoms with van der Waals surface area (Å²) in [6, 6.07) is 9.79. The smallest absolute Gasteiger partial charge is 0.248 e. The van der Waals surface area contributed by atoms with E-state index >= 15 is 0 Å².